The van der Waals surface area contributed by atoms with Gasteiger partial charge < -0.3 is 0 Å². The van der Waals surface area contributed by atoms with Gasteiger partial charge in [-0.25, -0.2) is 4.89 Å². The molecule has 0 bridgehead atoms. The van der Waals surface area contributed by atoms with E-state index in [4.69, 9.17) is 5.26 Å². The van der Waals surface area contributed by atoms with Crippen LogP contribution in [0.25, 0.3) is 0 Å². The second-order valence-electron chi connectivity index (χ2n) is 2.55. The molecule has 1 saturated carbocycles. The van der Waals surface area contributed by atoms with Crippen LogP contribution < -0.4 is 0 Å². The van der Waals surface area contributed by atoms with E-state index in [-0.39, 0.29) is 6.10 Å². The Kier molecular flexibility index (Phi) is 1.86. The number of hydrogen-bond acceptors (Lipinski definition) is 2. The van der Waals surface area contributed by atoms with Gasteiger partial charge in [-0.2, -0.15) is 0 Å². The molecule has 1 N–H and O–H groups in total. The molecular weight excluding hydrogens is 104 g/mol. The average molecular weight is 116 g/mol. The van der Waals surface area contributed by atoms with Crippen molar-refractivity contribution in [1.82, 2.24) is 0 Å². The number of hydrogen-bond donors (Lipinski definition) is 1. The van der Waals surface area contributed by atoms with E-state index < -0.39 is 0 Å². The van der Waals surface area contributed by atoms with Gasteiger partial charge in [0.1, 0.15) is 0 Å². The van der Waals surface area contributed by atoms with Crippen LogP contribution in [0.5, 0.6) is 0 Å². The molecule has 0 amide bonds. The van der Waals surface area contributed by atoms with Gasteiger partial charge in [-0.05, 0) is 18.8 Å². The van der Waals surface area contributed by atoms with Gasteiger partial charge in [-0.15, -0.1) is 0 Å². The molecule has 0 heterocycles. The summed E-state index contributed by atoms with van der Waals surface area (Å²) in [5.41, 5.74) is 0. The first-order chi connectivity index (χ1) is 3.84. The van der Waals surface area contributed by atoms with Gasteiger partial charge in [0.2, 0.25) is 0 Å². The van der Waals surface area contributed by atoms with E-state index in [0.717, 1.165) is 6.42 Å². The predicted octanol–water partition coefficient (Wildman–Crippen LogP) is 1.66. The first-order valence-electron chi connectivity index (χ1n) is 3.15. The van der Waals surface area contributed by atoms with Crippen molar-refractivity contribution in [3.05, 3.63) is 0 Å². The lowest BCUT2D eigenvalue weighted by atomic mass is 10.1. The monoisotopic (exact) mass is 116 g/mol. The van der Waals surface area contributed by atoms with Crippen LogP contribution in [0.2, 0.25) is 0 Å². The molecule has 48 valence electrons. The molecule has 1 aliphatic rings. The Morgan fingerprint density at radius 3 is 2.50 bits per heavy atom. The summed E-state index contributed by atoms with van der Waals surface area (Å²) in [7, 11) is 0. The summed E-state index contributed by atoms with van der Waals surface area (Å²) in [6.07, 6.45) is 3.55. The summed E-state index contributed by atoms with van der Waals surface area (Å²) in [6.45, 7) is 2.11. The van der Waals surface area contributed by atoms with Gasteiger partial charge in [0.25, 0.3) is 0 Å². The van der Waals surface area contributed by atoms with E-state index in [0.29, 0.717) is 5.92 Å². The van der Waals surface area contributed by atoms with Crippen molar-refractivity contribution in [3.63, 3.8) is 0 Å². The van der Waals surface area contributed by atoms with Crippen LogP contribution in [0.1, 0.15) is 26.2 Å². The van der Waals surface area contributed by atoms with Crippen LogP contribution in [0.3, 0.4) is 0 Å². The zero-order valence-corrected chi connectivity index (χ0v) is 5.13. The quantitative estimate of drug-likeness (QED) is 0.417. The van der Waals surface area contributed by atoms with Crippen molar-refractivity contribution in [2.45, 2.75) is 32.3 Å². The average Bonchev–Trinajstić information content (AvgIpc) is 2.14. The summed E-state index contributed by atoms with van der Waals surface area (Å²) in [4.78, 5) is 4.22. The lowest BCUT2D eigenvalue weighted by molar-refractivity contribution is -0.284. The fraction of sp³-hybridized carbons (Fsp3) is 1.00. The molecule has 0 aliphatic heterocycles. The molecule has 0 aromatic rings. The molecule has 0 saturated heterocycles. The lowest BCUT2D eigenvalue weighted by Crippen LogP contribution is -2.12. The molecule has 0 aromatic heterocycles. The van der Waals surface area contributed by atoms with Crippen molar-refractivity contribution in [1.29, 1.82) is 0 Å². The van der Waals surface area contributed by atoms with E-state index in [1.807, 2.05) is 0 Å². The Balaban J connectivity index is 2.30. The van der Waals surface area contributed by atoms with Gasteiger partial charge in [0, 0.05) is 0 Å². The highest BCUT2D eigenvalue weighted by Crippen LogP contribution is 2.26. The van der Waals surface area contributed by atoms with Crippen molar-refractivity contribution in [2.75, 3.05) is 0 Å². The first kappa shape index (κ1) is 6.05. The smallest absolute Gasteiger partial charge is 0.0952 e. The standard InChI is InChI=1S/C6H12O2/c1-5-3-2-4-6(5)8-7/h5-7H,2-4H2,1H3/t5-,6-/m1/s1. The third-order valence-corrected chi connectivity index (χ3v) is 1.92. The summed E-state index contributed by atoms with van der Waals surface area (Å²) in [5.74, 6) is 0.556. The summed E-state index contributed by atoms with van der Waals surface area (Å²) >= 11 is 0. The third-order valence-electron chi connectivity index (χ3n) is 1.92. The van der Waals surface area contributed by atoms with Crippen molar-refractivity contribution in [2.24, 2.45) is 5.92 Å². The minimum atomic E-state index is 0.120. The molecule has 0 radical (unpaired) electrons. The zero-order chi connectivity index (χ0) is 5.98. The largest absolute Gasteiger partial charge is 0.252 e. The predicted molar refractivity (Wildman–Crippen MR) is 30.5 cm³/mol. The molecule has 2 nitrogen and oxygen atoms in total. The summed E-state index contributed by atoms with van der Waals surface area (Å²) in [5, 5.41) is 8.24. The molecule has 0 spiro atoms. The van der Waals surface area contributed by atoms with Gasteiger partial charge in [-0.1, -0.05) is 13.3 Å². The highest BCUT2D eigenvalue weighted by molar-refractivity contribution is 4.72. The van der Waals surface area contributed by atoms with E-state index in [1.54, 1.807) is 0 Å². The van der Waals surface area contributed by atoms with Crippen LogP contribution in [0.15, 0.2) is 0 Å². The number of rotatable bonds is 1. The SMILES string of the molecule is C[C@@H]1CCC[C@H]1OO. The van der Waals surface area contributed by atoms with Crippen LogP contribution in [-0.2, 0) is 4.89 Å². The second-order valence-corrected chi connectivity index (χ2v) is 2.55. The minimum absolute atomic E-state index is 0.120. The van der Waals surface area contributed by atoms with Crippen molar-refractivity contribution < 1.29 is 10.1 Å². The maximum Gasteiger partial charge on any atom is 0.0952 e. The highest BCUT2D eigenvalue weighted by Gasteiger charge is 2.23. The van der Waals surface area contributed by atoms with E-state index in [9.17, 15) is 0 Å². The van der Waals surface area contributed by atoms with Gasteiger partial charge in [-0.3, -0.25) is 5.26 Å². The van der Waals surface area contributed by atoms with E-state index in [2.05, 4.69) is 11.8 Å². The minimum Gasteiger partial charge on any atom is -0.252 e. The normalized spacial score (nSPS) is 38.2. The van der Waals surface area contributed by atoms with Crippen LogP contribution in [0, 0.1) is 5.92 Å². The van der Waals surface area contributed by atoms with Gasteiger partial charge >= 0.3 is 0 Å². The Hall–Kier alpha value is -0.0800. The molecule has 8 heavy (non-hydrogen) atoms. The van der Waals surface area contributed by atoms with E-state index in [1.165, 1.54) is 12.8 Å². The molecular formula is C6H12O2. The molecule has 1 aliphatic carbocycles. The molecule has 2 heteroatoms. The maximum atomic E-state index is 8.24. The first-order valence-corrected chi connectivity index (χ1v) is 3.15. The molecule has 0 unspecified atom stereocenters. The third kappa shape index (κ3) is 1.01. The fourth-order valence-corrected chi connectivity index (χ4v) is 1.27. The molecule has 1 rings (SSSR count). The molecule has 1 fully saturated rings. The van der Waals surface area contributed by atoms with Crippen LogP contribution >= 0.6 is 0 Å². The maximum absolute atomic E-state index is 8.24. The lowest BCUT2D eigenvalue weighted by Gasteiger charge is -2.08. The topological polar surface area (TPSA) is 29.5 Å². The summed E-state index contributed by atoms with van der Waals surface area (Å²) < 4.78 is 0. The zero-order valence-electron chi connectivity index (χ0n) is 5.13. The van der Waals surface area contributed by atoms with Crippen molar-refractivity contribution >= 4 is 0 Å². The van der Waals surface area contributed by atoms with Crippen LogP contribution in [0.4, 0.5) is 0 Å². The van der Waals surface area contributed by atoms with E-state index >= 15 is 0 Å². The van der Waals surface area contributed by atoms with Crippen molar-refractivity contribution in [3.8, 4) is 0 Å². The summed E-state index contributed by atoms with van der Waals surface area (Å²) in [6, 6.07) is 0. The second kappa shape index (κ2) is 2.46. The highest BCUT2D eigenvalue weighted by atomic mass is 17.1. The Bertz CT molecular complexity index is 72.9. The Morgan fingerprint density at radius 1 is 1.50 bits per heavy atom. The van der Waals surface area contributed by atoms with Gasteiger partial charge in [0.05, 0.1) is 6.10 Å². The Labute approximate surface area is 49.4 Å². The molecule has 0 aromatic carbocycles. The Morgan fingerprint density at radius 2 is 2.25 bits per heavy atom. The fourth-order valence-electron chi connectivity index (χ4n) is 1.27. The molecule has 2 atom stereocenters. The van der Waals surface area contributed by atoms with Crippen LogP contribution in [-0.4, -0.2) is 11.4 Å². The van der Waals surface area contributed by atoms with Gasteiger partial charge in [0.15, 0.2) is 0 Å².